The van der Waals surface area contributed by atoms with Gasteiger partial charge in [0.05, 0.1) is 0 Å². The van der Waals surface area contributed by atoms with Gasteiger partial charge in [-0.05, 0) is 24.1 Å². The molecule has 0 aliphatic heterocycles. The third-order valence-corrected chi connectivity index (χ3v) is 2.88. The molecule has 1 N–H and O–H groups in total. The third kappa shape index (κ3) is 4.10. The molecule has 0 aromatic heterocycles. The monoisotopic (exact) mass is 235 g/mol. The van der Waals surface area contributed by atoms with Gasteiger partial charge in [-0.2, -0.15) is 0 Å². The normalized spacial score (nSPS) is 12.2. The lowest BCUT2D eigenvalue weighted by molar-refractivity contribution is -0.134. The molecule has 0 radical (unpaired) electrons. The lowest BCUT2D eigenvalue weighted by Crippen LogP contribution is -2.31. The van der Waals surface area contributed by atoms with Crippen LogP contribution in [0.5, 0.6) is 5.75 Å². The van der Waals surface area contributed by atoms with Crippen LogP contribution in [-0.4, -0.2) is 23.0 Å². The molecular formula is C14H21NO2. The SMILES string of the molecule is CCCC(C)C(=O)N(C)Cc1ccc(O)cc1. The van der Waals surface area contributed by atoms with E-state index in [1.54, 1.807) is 17.0 Å². The number of phenols is 1. The highest BCUT2D eigenvalue weighted by molar-refractivity contribution is 5.78. The lowest BCUT2D eigenvalue weighted by Gasteiger charge is -2.21. The van der Waals surface area contributed by atoms with Crippen molar-refractivity contribution in [1.82, 2.24) is 4.90 Å². The summed E-state index contributed by atoms with van der Waals surface area (Å²) in [6.45, 7) is 4.65. The molecule has 1 unspecified atom stereocenters. The molecule has 1 amide bonds. The van der Waals surface area contributed by atoms with Gasteiger partial charge in [0.2, 0.25) is 5.91 Å². The summed E-state index contributed by atoms with van der Waals surface area (Å²) in [6.07, 6.45) is 1.96. The maximum Gasteiger partial charge on any atom is 0.225 e. The van der Waals surface area contributed by atoms with Crippen LogP contribution in [0.4, 0.5) is 0 Å². The van der Waals surface area contributed by atoms with Crippen LogP contribution in [0.15, 0.2) is 24.3 Å². The Kier molecular flexibility index (Phi) is 5.01. The molecule has 1 atom stereocenters. The molecular weight excluding hydrogens is 214 g/mol. The van der Waals surface area contributed by atoms with Gasteiger partial charge in [-0.25, -0.2) is 0 Å². The second-order valence-electron chi connectivity index (χ2n) is 4.55. The zero-order chi connectivity index (χ0) is 12.8. The molecule has 0 spiro atoms. The fourth-order valence-corrected chi connectivity index (χ4v) is 1.89. The molecule has 1 aromatic rings. The van der Waals surface area contributed by atoms with E-state index in [1.807, 2.05) is 26.1 Å². The van der Waals surface area contributed by atoms with E-state index in [0.29, 0.717) is 6.54 Å². The van der Waals surface area contributed by atoms with Gasteiger partial charge >= 0.3 is 0 Å². The minimum Gasteiger partial charge on any atom is -0.508 e. The molecule has 0 saturated heterocycles. The van der Waals surface area contributed by atoms with E-state index in [9.17, 15) is 9.90 Å². The number of aromatic hydroxyl groups is 1. The van der Waals surface area contributed by atoms with Gasteiger partial charge in [-0.1, -0.05) is 32.4 Å². The number of carbonyl (C=O) groups is 1. The van der Waals surface area contributed by atoms with E-state index in [4.69, 9.17) is 0 Å². The summed E-state index contributed by atoms with van der Waals surface area (Å²) in [5, 5.41) is 9.18. The summed E-state index contributed by atoms with van der Waals surface area (Å²) in [5.41, 5.74) is 1.03. The second kappa shape index (κ2) is 6.28. The predicted octanol–water partition coefficient (Wildman–Crippen LogP) is 2.79. The number of phenolic OH excluding ortho intramolecular Hbond substituents is 1. The Balaban J connectivity index is 2.56. The number of hydrogen-bond donors (Lipinski definition) is 1. The maximum absolute atomic E-state index is 12.0. The van der Waals surface area contributed by atoms with Gasteiger partial charge in [-0.3, -0.25) is 4.79 Å². The Morgan fingerprint density at radius 3 is 2.47 bits per heavy atom. The van der Waals surface area contributed by atoms with Crippen molar-refractivity contribution >= 4 is 5.91 Å². The summed E-state index contributed by atoms with van der Waals surface area (Å²) in [5.74, 6) is 0.518. The number of benzene rings is 1. The highest BCUT2D eigenvalue weighted by Gasteiger charge is 2.16. The number of nitrogens with zero attached hydrogens (tertiary/aromatic N) is 1. The minimum absolute atomic E-state index is 0.0853. The Bertz CT molecular complexity index is 359. The molecule has 3 nitrogen and oxygen atoms in total. The number of rotatable bonds is 5. The van der Waals surface area contributed by atoms with E-state index in [-0.39, 0.29) is 17.6 Å². The summed E-state index contributed by atoms with van der Waals surface area (Å²) in [4.78, 5) is 13.7. The van der Waals surface area contributed by atoms with Crippen LogP contribution in [-0.2, 0) is 11.3 Å². The van der Waals surface area contributed by atoms with Crippen LogP contribution >= 0.6 is 0 Å². The van der Waals surface area contributed by atoms with Crippen LogP contribution in [0.3, 0.4) is 0 Å². The molecule has 3 heteroatoms. The van der Waals surface area contributed by atoms with Gasteiger partial charge in [0, 0.05) is 19.5 Å². The first-order chi connectivity index (χ1) is 8.04. The molecule has 94 valence electrons. The van der Waals surface area contributed by atoms with Crippen molar-refractivity contribution in [2.45, 2.75) is 33.2 Å². The molecule has 0 bridgehead atoms. The predicted molar refractivity (Wildman–Crippen MR) is 68.7 cm³/mol. The molecule has 1 rings (SSSR count). The molecule has 0 heterocycles. The van der Waals surface area contributed by atoms with Crippen molar-refractivity contribution in [2.24, 2.45) is 5.92 Å². The Morgan fingerprint density at radius 2 is 1.94 bits per heavy atom. The highest BCUT2D eigenvalue weighted by Crippen LogP contribution is 2.14. The average molecular weight is 235 g/mol. The molecule has 0 aliphatic rings. The van der Waals surface area contributed by atoms with Gasteiger partial charge in [0.1, 0.15) is 5.75 Å². The summed E-state index contributed by atoms with van der Waals surface area (Å²) < 4.78 is 0. The van der Waals surface area contributed by atoms with Crippen molar-refractivity contribution in [3.63, 3.8) is 0 Å². The van der Waals surface area contributed by atoms with E-state index >= 15 is 0 Å². The van der Waals surface area contributed by atoms with Gasteiger partial charge < -0.3 is 10.0 Å². The molecule has 0 saturated carbocycles. The Morgan fingerprint density at radius 1 is 1.35 bits per heavy atom. The quantitative estimate of drug-likeness (QED) is 0.852. The fraction of sp³-hybridized carbons (Fsp3) is 0.500. The van der Waals surface area contributed by atoms with Gasteiger partial charge in [-0.15, -0.1) is 0 Å². The summed E-state index contributed by atoms with van der Waals surface area (Å²) >= 11 is 0. The summed E-state index contributed by atoms with van der Waals surface area (Å²) in [6, 6.07) is 6.96. The summed E-state index contributed by atoms with van der Waals surface area (Å²) in [7, 11) is 1.82. The van der Waals surface area contributed by atoms with Crippen LogP contribution in [0, 0.1) is 5.92 Å². The minimum atomic E-state index is 0.0853. The third-order valence-electron chi connectivity index (χ3n) is 2.88. The number of hydrogen-bond acceptors (Lipinski definition) is 2. The van der Waals surface area contributed by atoms with Gasteiger partial charge in [0.15, 0.2) is 0 Å². The fourth-order valence-electron chi connectivity index (χ4n) is 1.89. The zero-order valence-corrected chi connectivity index (χ0v) is 10.8. The first-order valence-electron chi connectivity index (χ1n) is 6.07. The van der Waals surface area contributed by atoms with Gasteiger partial charge in [0.25, 0.3) is 0 Å². The number of carbonyl (C=O) groups excluding carboxylic acids is 1. The molecule has 17 heavy (non-hydrogen) atoms. The van der Waals surface area contributed by atoms with Crippen LogP contribution in [0.2, 0.25) is 0 Å². The first kappa shape index (κ1) is 13.6. The maximum atomic E-state index is 12.0. The van der Waals surface area contributed by atoms with Crippen molar-refractivity contribution in [1.29, 1.82) is 0 Å². The topological polar surface area (TPSA) is 40.5 Å². The van der Waals surface area contributed by atoms with Crippen LogP contribution < -0.4 is 0 Å². The van der Waals surface area contributed by atoms with Crippen molar-refractivity contribution < 1.29 is 9.90 Å². The zero-order valence-electron chi connectivity index (χ0n) is 10.8. The number of amides is 1. The van der Waals surface area contributed by atoms with Crippen LogP contribution in [0.25, 0.3) is 0 Å². The van der Waals surface area contributed by atoms with E-state index < -0.39 is 0 Å². The molecule has 0 fully saturated rings. The lowest BCUT2D eigenvalue weighted by atomic mass is 10.0. The van der Waals surface area contributed by atoms with E-state index in [1.165, 1.54) is 0 Å². The van der Waals surface area contributed by atoms with Crippen LogP contribution in [0.1, 0.15) is 32.3 Å². The van der Waals surface area contributed by atoms with Crippen molar-refractivity contribution in [3.8, 4) is 5.75 Å². The molecule has 1 aromatic carbocycles. The standard InChI is InChI=1S/C14H21NO2/c1-4-5-11(2)14(17)15(3)10-12-6-8-13(16)9-7-12/h6-9,11,16H,4-5,10H2,1-3H3. The second-order valence-corrected chi connectivity index (χ2v) is 4.55. The van der Waals surface area contributed by atoms with Crippen molar-refractivity contribution in [3.05, 3.63) is 29.8 Å². The average Bonchev–Trinajstić information content (AvgIpc) is 2.31. The Hall–Kier alpha value is -1.51. The van der Waals surface area contributed by atoms with E-state index in [0.717, 1.165) is 18.4 Å². The molecule has 0 aliphatic carbocycles. The van der Waals surface area contributed by atoms with E-state index in [2.05, 4.69) is 6.92 Å². The first-order valence-corrected chi connectivity index (χ1v) is 6.07. The largest absolute Gasteiger partial charge is 0.508 e. The Labute approximate surface area is 103 Å². The van der Waals surface area contributed by atoms with Crippen molar-refractivity contribution in [2.75, 3.05) is 7.05 Å². The highest BCUT2D eigenvalue weighted by atomic mass is 16.3. The smallest absolute Gasteiger partial charge is 0.225 e.